The average molecular weight is 516 g/mol. The SMILES string of the molecule is O=C(NCc1ccccn1)c1cnc(N2CCc3ccccc32)nc1OCc1ccc(Br)cc1. The zero-order valence-corrected chi connectivity index (χ0v) is 19.9. The average Bonchev–Trinajstić information content (AvgIpc) is 3.32. The van der Waals surface area contributed by atoms with E-state index >= 15 is 0 Å². The minimum absolute atomic E-state index is 0.246. The second-order valence-electron chi connectivity index (χ2n) is 7.84. The molecule has 0 unspecified atom stereocenters. The fourth-order valence-electron chi connectivity index (χ4n) is 3.80. The number of hydrogen-bond donors (Lipinski definition) is 1. The molecule has 2 aromatic carbocycles. The van der Waals surface area contributed by atoms with Gasteiger partial charge in [0.25, 0.3) is 5.91 Å². The van der Waals surface area contributed by atoms with Crippen molar-refractivity contribution in [2.45, 2.75) is 19.6 Å². The fraction of sp³-hybridized carbons (Fsp3) is 0.154. The molecule has 0 radical (unpaired) electrons. The lowest BCUT2D eigenvalue weighted by atomic mass is 10.2. The molecule has 0 saturated carbocycles. The number of carbonyl (C=O) groups excluding carboxylic acids is 1. The Bertz CT molecular complexity index is 1300. The zero-order chi connectivity index (χ0) is 23.3. The van der Waals surface area contributed by atoms with Crippen molar-refractivity contribution in [3.63, 3.8) is 0 Å². The molecule has 5 rings (SSSR count). The molecule has 0 saturated heterocycles. The number of pyridine rings is 1. The van der Waals surface area contributed by atoms with Gasteiger partial charge >= 0.3 is 0 Å². The van der Waals surface area contributed by atoms with Gasteiger partial charge in [-0.1, -0.05) is 52.3 Å². The minimum Gasteiger partial charge on any atom is -0.472 e. The van der Waals surface area contributed by atoms with E-state index in [0.29, 0.717) is 12.5 Å². The molecule has 3 heterocycles. The van der Waals surface area contributed by atoms with Gasteiger partial charge in [0.2, 0.25) is 11.8 Å². The molecule has 1 aliphatic heterocycles. The largest absolute Gasteiger partial charge is 0.472 e. The van der Waals surface area contributed by atoms with E-state index in [4.69, 9.17) is 4.74 Å². The Labute approximate surface area is 206 Å². The van der Waals surface area contributed by atoms with E-state index in [1.54, 1.807) is 6.20 Å². The van der Waals surface area contributed by atoms with Crippen molar-refractivity contribution >= 4 is 33.5 Å². The summed E-state index contributed by atoms with van der Waals surface area (Å²) in [6.07, 6.45) is 4.15. The third-order valence-electron chi connectivity index (χ3n) is 5.56. The Morgan fingerprint density at radius 2 is 1.85 bits per heavy atom. The van der Waals surface area contributed by atoms with Gasteiger partial charge < -0.3 is 15.0 Å². The summed E-state index contributed by atoms with van der Waals surface area (Å²) in [6.45, 7) is 1.35. The normalized spacial score (nSPS) is 12.3. The molecule has 1 N–H and O–H groups in total. The lowest BCUT2D eigenvalue weighted by Crippen LogP contribution is -2.25. The molecule has 1 aliphatic rings. The van der Waals surface area contributed by atoms with Crippen LogP contribution in [0.25, 0.3) is 0 Å². The van der Waals surface area contributed by atoms with Crippen molar-refractivity contribution in [2.24, 2.45) is 0 Å². The Kier molecular flexibility index (Phi) is 6.49. The van der Waals surface area contributed by atoms with Gasteiger partial charge in [-0.05, 0) is 47.9 Å². The van der Waals surface area contributed by atoms with Crippen molar-refractivity contribution < 1.29 is 9.53 Å². The summed E-state index contributed by atoms with van der Waals surface area (Å²) < 4.78 is 7.04. The fourth-order valence-corrected chi connectivity index (χ4v) is 4.06. The molecule has 0 spiro atoms. The van der Waals surface area contributed by atoms with E-state index in [0.717, 1.165) is 34.4 Å². The number of ether oxygens (including phenoxy) is 1. The summed E-state index contributed by atoms with van der Waals surface area (Å²) in [5.74, 6) is 0.442. The maximum absolute atomic E-state index is 13.0. The van der Waals surface area contributed by atoms with E-state index < -0.39 is 0 Å². The van der Waals surface area contributed by atoms with Crippen LogP contribution in [0, 0.1) is 0 Å². The van der Waals surface area contributed by atoms with Crippen LogP contribution < -0.4 is 15.0 Å². The maximum Gasteiger partial charge on any atom is 0.258 e. The van der Waals surface area contributed by atoms with E-state index in [1.807, 2.05) is 54.6 Å². The number of amides is 1. The van der Waals surface area contributed by atoms with Crippen LogP contribution in [-0.2, 0) is 19.6 Å². The first kappa shape index (κ1) is 22.0. The summed E-state index contributed by atoms with van der Waals surface area (Å²) in [4.78, 5) is 28.5. The van der Waals surface area contributed by atoms with Crippen LogP contribution in [0.2, 0.25) is 0 Å². The molecule has 2 aromatic heterocycles. The van der Waals surface area contributed by atoms with Gasteiger partial charge in [-0.2, -0.15) is 4.98 Å². The van der Waals surface area contributed by atoms with Gasteiger partial charge in [-0.15, -0.1) is 0 Å². The molecule has 0 bridgehead atoms. The second kappa shape index (κ2) is 10.0. The molecular formula is C26H22BrN5O2. The van der Waals surface area contributed by atoms with Crippen molar-refractivity contribution in [2.75, 3.05) is 11.4 Å². The quantitative estimate of drug-likeness (QED) is 0.379. The highest BCUT2D eigenvalue weighted by molar-refractivity contribution is 9.10. The first-order chi connectivity index (χ1) is 16.7. The number of rotatable bonds is 7. The number of hydrogen-bond acceptors (Lipinski definition) is 6. The molecule has 0 fully saturated rings. The van der Waals surface area contributed by atoms with Crippen molar-refractivity contribution in [1.82, 2.24) is 20.3 Å². The molecule has 8 heteroatoms. The molecule has 1 amide bonds. The molecule has 0 atom stereocenters. The molecule has 0 aliphatic carbocycles. The summed E-state index contributed by atoms with van der Waals surface area (Å²) in [5, 5.41) is 2.88. The summed E-state index contributed by atoms with van der Waals surface area (Å²) in [6, 6.07) is 21.6. The van der Waals surface area contributed by atoms with Crippen LogP contribution in [0.4, 0.5) is 11.6 Å². The smallest absolute Gasteiger partial charge is 0.258 e. The van der Waals surface area contributed by atoms with Crippen molar-refractivity contribution in [3.05, 3.63) is 106 Å². The zero-order valence-electron chi connectivity index (χ0n) is 18.3. The summed E-state index contributed by atoms with van der Waals surface area (Å²) in [5.41, 5.74) is 4.34. The highest BCUT2D eigenvalue weighted by Crippen LogP contribution is 2.33. The molecule has 34 heavy (non-hydrogen) atoms. The van der Waals surface area contributed by atoms with Gasteiger partial charge in [0.1, 0.15) is 12.2 Å². The van der Waals surface area contributed by atoms with E-state index in [9.17, 15) is 4.79 Å². The summed E-state index contributed by atoms with van der Waals surface area (Å²) >= 11 is 3.44. The molecule has 170 valence electrons. The van der Waals surface area contributed by atoms with E-state index in [-0.39, 0.29) is 24.0 Å². The predicted molar refractivity (Wildman–Crippen MR) is 133 cm³/mol. The minimum atomic E-state index is -0.315. The molecule has 4 aromatic rings. The van der Waals surface area contributed by atoms with E-state index in [2.05, 4.69) is 53.2 Å². The molecular weight excluding hydrogens is 494 g/mol. The van der Waals surface area contributed by atoms with Crippen LogP contribution in [0.15, 0.2) is 83.6 Å². The van der Waals surface area contributed by atoms with Gasteiger partial charge in [0.15, 0.2) is 0 Å². The van der Waals surface area contributed by atoms with Gasteiger partial charge in [0.05, 0.1) is 12.2 Å². The van der Waals surface area contributed by atoms with E-state index in [1.165, 1.54) is 11.8 Å². The lowest BCUT2D eigenvalue weighted by molar-refractivity contribution is 0.0944. The molecule has 7 nitrogen and oxygen atoms in total. The number of carbonyl (C=O) groups is 1. The topological polar surface area (TPSA) is 80.2 Å². The Morgan fingerprint density at radius 3 is 2.68 bits per heavy atom. The van der Waals surface area contributed by atoms with Gasteiger partial charge in [-0.3, -0.25) is 9.78 Å². The lowest BCUT2D eigenvalue weighted by Gasteiger charge is -2.19. The van der Waals surface area contributed by atoms with Crippen LogP contribution in [0.5, 0.6) is 5.88 Å². The van der Waals surface area contributed by atoms with Crippen LogP contribution in [0.1, 0.15) is 27.2 Å². The monoisotopic (exact) mass is 515 g/mol. The van der Waals surface area contributed by atoms with Crippen molar-refractivity contribution in [3.8, 4) is 5.88 Å². The van der Waals surface area contributed by atoms with Crippen molar-refractivity contribution in [1.29, 1.82) is 0 Å². The van der Waals surface area contributed by atoms with Gasteiger partial charge in [0, 0.05) is 29.1 Å². The highest BCUT2D eigenvalue weighted by atomic mass is 79.9. The first-order valence-electron chi connectivity index (χ1n) is 11.0. The summed E-state index contributed by atoms with van der Waals surface area (Å²) in [7, 11) is 0. The third kappa shape index (κ3) is 4.92. The number of fused-ring (bicyclic) bond motifs is 1. The first-order valence-corrected chi connectivity index (χ1v) is 11.7. The Morgan fingerprint density at radius 1 is 1.03 bits per heavy atom. The van der Waals surface area contributed by atoms with Gasteiger partial charge in [-0.25, -0.2) is 4.98 Å². The standard InChI is InChI=1S/C26H22BrN5O2/c27-20-10-8-18(9-11-20)17-34-25-22(24(33)29-15-21-6-3-4-13-28-21)16-30-26(31-25)32-14-12-19-5-1-2-7-23(19)32/h1-11,13,16H,12,14-15,17H2,(H,29,33). The van der Waals surface area contributed by atoms with Crippen LogP contribution in [0.3, 0.4) is 0 Å². The third-order valence-corrected chi connectivity index (χ3v) is 6.09. The maximum atomic E-state index is 13.0. The predicted octanol–water partition coefficient (Wildman–Crippen LogP) is 4.84. The Hall–Kier alpha value is -3.78. The number of nitrogens with one attached hydrogen (secondary N) is 1. The highest BCUT2D eigenvalue weighted by Gasteiger charge is 2.24. The number of aromatic nitrogens is 3. The number of benzene rings is 2. The second-order valence-corrected chi connectivity index (χ2v) is 8.75. The number of para-hydroxylation sites is 1. The Balaban J connectivity index is 1.41. The number of nitrogens with zero attached hydrogens (tertiary/aromatic N) is 4. The van der Waals surface area contributed by atoms with Crippen LogP contribution >= 0.6 is 15.9 Å². The number of halogens is 1. The number of anilines is 2. The van der Waals surface area contributed by atoms with Crippen LogP contribution in [-0.4, -0.2) is 27.4 Å².